The average molecular weight is 416 g/mol. The van der Waals surface area contributed by atoms with Crippen LogP contribution in [0.3, 0.4) is 0 Å². The fourth-order valence-corrected chi connectivity index (χ4v) is 3.80. The molecule has 2 aliphatic rings. The topological polar surface area (TPSA) is 45.7 Å². The van der Waals surface area contributed by atoms with Crippen molar-refractivity contribution in [1.82, 2.24) is 4.58 Å². The lowest BCUT2D eigenvalue weighted by Gasteiger charge is -2.19. The highest BCUT2D eigenvalue weighted by Gasteiger charge is 2.22. The molecule has 1 aliphatic heterocycles. The van der Waals surface area contributed by atoms with Crippen LogP contribution in [0.5, 0.6) is 0 Å². The molecule has 2 aromatic carbocycles. The fraction of sp³-hybridized carbons (Fsp3) is 0.231. The van der Waals surface area contributed by atoms with Crippen molar-refractivity contribution in [3.8, 4) is 22.5 Å². The molecule has 158 valence electrons. The second kappa shape index (κ2) is 8.26. The Balaban J connectivity index is 2.13. The van der Waals surface area contributed by atoms with E-state index in [0.29, 0.717) is 12.2 Å². The summed E-state index contributed by atoms with van der Waals surface area (Å²) in [4.78, 5) is 14.8. The maximum atomic E-state index is 12.7. The number of benzene rings is 3. The molecule has 0 fully saturated rings. The van der Waals surface area contributed by atoms with Gasteiger partial charge >= 0.3 is 5.97 Å². The van der Waals surface area contributed by atoms with E-state index in [0.717, 1.165) is 44.5 Å². The van der Waals surface area contributed by atoms with Gasteiger partial charge in [-0.15, -0.1) is 0 Å². The highest BCUT2D eigenvalue weighted by molar-refractivity contribution is 6.08. The van der Waals surface area contributed by atoms with Gasteiger partial charge in [-0.05, 0) is 36.8 Å². The zero-order chi connectivity index (χ0) is 22.1. The predicted octanol–water partition coefficient (Wildman–Crippen LogP) is 4.48. The molecule has 0 atom stereocenters. The van der Waals surface area contributed by atoms with Gasteiger partial charge in [-0.3, -0.25) is 0 Å². The number of fused-ring (bicyclic) bond motifs is 2. The summed E-state index contributed by atoms with van der Waals surface area (Å²) >= 11 is 0. The van der Waals surface area contributed by atoms with Crippen molar-refractivity contribution in [2.75, 3.05) is 39.7 Å². The first-order chi connectivity index (χ1) is 14.9. The number of carbonyl (C=O) groups excluding carboxylic acids is 1. The summed E-state index contributed by atoms with van der Waals surface area (Å²) in [7, 11) is 8.01. The van der Waals surface area contributed by atoms with Crippen LogP contribution in [0.2, 0.25) is 0 Å². The van der Waals surface area contributed by atoms with Gasteiger partial charge in [0.15, 0.2) is 0 Å². The third-order valence-electron chi connectivity index (χ3n) is 5.41. The van der Waals surface area contributed by atoms with Crippen LogP contribution in [-0.2, 0) is 4.74 Å². The van der Waals surface area contributed by atoms with Crippen molar-refractivity contribution in [2.45, 2.75) is 6.92 Å². The molecule has 0 saturated heterocycles. The first-order valence-corrected chi connectivity index (χ1v) is 10.4. The molecule has 0 radical (unpaired) electrons. The maximum Gasteiger partial charge on any atom is 0.338 e. The molecule has 31 heavy (non-hydrogen) atoms. The quantitative estimate of drug-likeness (QED) is 0.280. The van der Waals surface area contributed by atoms with E-state index in [1.165, 1.54) is 0 Å². The summed E-state index contributed by atoms with van der Waals surface area (Å²) < 4.78 is 13.8. The number of hydrogen-bond donors (Lipinski definition) is 0. The van der Waals surface area contributed by atoms with Crippen molar-refractivity contribution >= 4 is 22.6 Å². The highest BCUT2D eigenvalue weighted by Crippen LogP contribution is 2.42. The van der Waals surface area contributed by atoms with Gasteiger partial charge in [0.2, 0.25) is 5.36 Å². The van der Waals surface area contributed by atoms with Crippen molar-refractivity contribution in [3.05, 3.63) is 71.6 Å². The normalized spacial score (nSPS) is 11.0. The van der Waals surface area contributed by atoms with E-state index < -0.39 is 0 Å². The van der Waals surface area contributed by atoms with Crippen molar-refractivity contribution in [2.24, 2.45) is 0 Å². The van der Waals surface area contributed by atoms with E-state index in [-0.39, 0.29) is 5.97 Å². The second-order valence-electron chi connectivity index (χ2n) is 7.89. The number of carbonyl (C=O) groups is 1. The van der Waals surface area contributed by atoms with Crippen LogP contribution in [0, 0.1) is 0 Å². The van der Waals surface area contributed by atoms with Gasteiger partial charge in [-0.2, -0.15) is 0 Å². The molecule has 0 spiro atoms. The molecule has 1 aliphatic carbocycles. The van der Waals surface area contributed by atoms with Gasteiger partial charge in [-0.1, -0.05) is 18.2 Å². The van der Waals surface area contributed by atoms with E-state index in [2.05, 4.69) is 24.3 Å². The summed E-state index contributed by atoms with van der Waals surface area (Å²) in [5.74, 6) is 0.443. The molecule has 1 heterocycles. The fourth-order valence-electron chi connectivity index (χ4n) is 3.80. The van der Waals surface area contributed by atoms with E-state index in [1.807, 2.05) is 81.0 Å². The monoisotopic (exact) mass is 415 g/mol. The van der Waals surface area contributed by atoms with Gasteiger partial charge in [0.1, 0.15) is 25.4 Å². The van der Waals surface area contributed by atoms with Crippen LogP contribution < -0.4 is 14.8 Å². The summed E-state index contributed by atoms with van der Waals surface area (Å²) in [6.45, 7) is 2.15. The zero-order valence-corrected chi connectivity index (χ0v) is 18.6. The standard InChI is InChI=1S/C26H27N2O3/c1-6-30-26(29)20-10-8-7-9-19(20)25-21-13-11-17(27(2)3)15-23(21)31-24-16-18(28(4)5)12-14-22(24)25/h7-16H,6H2,1-5H3/q+1. The predicted molar refractivity (Wildman–Crippen MR) is 126 cm³/mol. The van der Waals surface area contributed by atoms with Crippen molar-refractivity contribution < 1.29 is 13.9 Å². The van der Waals surface area contributed by atoms with Gasteiger partial charge in [-0.25, -0.2) is 9.37 Å². The van der Waals surface area contributed by atoms with Crippen LogP contribution in [0.15, 0.2) is 65.1 Å². The lowest BCUT2D eigenvalue weighted by Crippen LogP contribution is -2.21. The van der Waals surface area contributed by atoms with Gasteiger partial charge < -0.3 is 14.1 Å². The summed E-state index contributed by atoms with van der Waals surface area (Å²) in [5, 5.41) is 2.00. The zero-order valence-electron chi connectivity index (χ0n) is 18.6. The summed E-state index contributed by atoms with van der Waals surface area (Å²) in [6.07, 6.45) is 0. The molecular formula is C26H27N2O3+. The summed E-state index contributed by atoms with van der Waals surface area (Å²) in [6, 6.07) is 19.9. The average Bonchev–Trinajstić information content (AvgIpc) is 2.76. The molecule has 4 rings (SSSR count). The maximum absolute atomic E-state index is 12.7. The van der Waals surface area contributed by atoms with Crippen LogP contribution in [0.25, 0.3) is 33.4 Å². The van der Waals surface area contributed by atoms with Gasteiger partial charge in [0.25, 0.3) is 0 Å². The SMILES string of the molecule is CCOC(=O)c1ccccc1-c1c2ccc(=[N+](C)C)cc-2oc2cc(N(C)C)ccc12. The van der Waals surface area contributed by atoms with E-state index in [1.54, 1.807) is 0 Å². The van der Waals surface area contributed by atoms with Crippen LogP contribution in [0.4, 0.5) is 5.69 Å². The summed E-state index contributed by atoms with van der Waals surface area (Å²) in [5.41, 5.74) is 5.11. The Hall–Kier alpha value is -3.60. The number of esters is 1. The first kappa shape index (κ1) is 20.7. The smallest absolute Gasteiger partial charge is 0.338 e. The Bertz CT molecular complexity index is 1310. The largest absolute Gasteiger partial charge is 0.462 e. The van der Waals surface area contributed by atoms with E-state index in [4.69, 9.17) is 9.15 Å². The first-order valence-electron chi connectivity index (χ1n) is 10.4. The lowest BCUT2D eigenvalue weighted by molar-refractivity contribution is 0.0527. The second-order valence-corrected chi connectivity index (χ2v) is 7.89. The molecule has 0 N–H and O–H groups in total. The van der Waals surface area contributed by atoms with E-state index >= 15 is 0 Å². The molecule has 0 amide bonds. The van der Waals surface area contributed by atoms with Crippen LogP contribution >= 0.6 is 0 Å². The lowest BCUT2D eigenvalue weighted by atomic mass is 9.90. The number of anilines is 1. The Morgan fingerprint density at radius 3 is 2.48 bits per heavy atom. The molecule has 0 aromatic heterocycles. The Morgan fingerprint density at radius 1 is 1.00 bits per heavy atom. The molecule has 2 aromatic rings. The molecule has 0 saturated carbocycles. The Kier molecular flexibility index (Phi) is 5.51. The number of ether oxygens (including phenoxy) is 1. The van der Waals surface area contributed by atoms with Crippen LogP contribution in [-0.4, -0.2) is 40.8 Å². The van der Waals surface area contributed by atoms with Crippen LogP contribution in [0.1, 0.15) is 17.3 Å². The molecule has 0 unspecified atom stereocenters. The van der Waals surface area contributed by atoms with Gasteiger partial charge in [0.05, 0.1) is 18.2 Å². The minimum atomic E-state index is -0.324. The Morgan fingerprint density at radius 2 is 1.77 bits per heavy atom. The highest BCUT2D eigenvalue weighted by atomic mass is 16.5. The Labute approximate surface area is 182 Å². The third-order valence-corrected chi connectivity index (χ3v) is 5.41. The van der Waals surface area contributed by atoms with Crippen molar-refractivity contribution in [3.63, 3.8) is 0 Å². The molecular weight excluding hydrogens is 388 g/mol. The minimum Gasteiger partial charge on any atom is -0.462 e. The minimum absolute atomic E-state index is 0.324. The molecule has 5 heteroatoms. The van der Waals surface area contributed by atoms with E-state index in [9.17, 15) is 4.79 Å². The van der Waals surface area contributed by atoms with Gasteiger partial charge in [0, 0.05) is 48.4 Å². The van der Waals surface area contributed by atoms with Crippen molar-refractivity contribution in [1.29, 1.82) is 0 Å². The third kappa shape index (κ3) is 3.79. The number of hydrogen-bond acceptors (Lipinski definition) is 4. The number of rotatable bonds is 4. The molecule has 5 nitrogen and oxygen atoms in total. The molecule has 0 bridgehead atoms. The number of nitrogens with zero attached hydrogens (tertiary/aromatic N) is 2.